The van der Waals surface area contributed by atoms with Gasteiger partial charge in [-0.05, 0) is 42.3 Å². The number of hydrogen-bond acceptors (Lipinski definition) is 3. The molecule has 2 aromatic rings. The maximum absolute atomic E-state index is 12.4. The second kappa shape index (κ2) is 9.22. The fourth-order valence-corrected chi connectivity index (χ4v) is 2.71. The van der Waals surface area contributed by atoms with Crippen molar-refractivity contribution in [2.75, 3.05) is 6.61 Å². The fourth-order valence-electron chi connectivity index (χ4n) is 2.31. The van der Waals surface area contributed by atoms with Crippen LogP contribution in [0.5, 0.6) is 5.75 Å². The van der Waals surface area contributed by atoms with E-state index in [1.54, 1.807) is 42.5 Å². The normalized spacial score (nSPS) is 11.6. The Kier molecular flexibility index (Phi) is 7.01. The minimum absolute atomic E-state index is 0.199. The van der Waals surface area contributed by atoms with Gasteiger partial charge in [-0.25, -0.2) is 0 Å². The Hall–Kier alpha value is -2.34. The highest BCUT2D eigenvalue weighted by molar-refractivity contribution is 9.10. The van der Waals surface area contributed by atoms with Crippen LogP contribution in [0.1, 0.15) is 41.7 Å². The maximum Gasteiger partial charge on any atom is 0.305 e. The van der Waals surface area contributed by atoms with Crippen LogP contribution in [0.25, 0.3) is 0 Å². The van der Waals surface area contributed by atoms with Gasteiger partial charge >= 0.3 is 5.97 Å². The molecule has 0 saturated carbocycles. The number of hydrogen-bond donors (Lipinski definition) is 2. The van der Waals surface area contributed by atoms with E-state index < -0.39 is 12.0 Å². The summed E-state index contributed by atoms with van der Waals surface area (Å²) in [5.41, 5.74) is 1.18. The van der Waals surface area contributed by atoms with Crippen molar-refractivity contribution in [2.24, 2.45) is 0 Å². The number of amides is 1. The van der Waals surface area contributed by atoms with Gasteiger partial charge in [0.05, 0.1) is 19.1 Å². The molecule has 0 aliphatic carbocycles. The predicted molar refractivity (Wildman–Crippen MR) is 98.8 cm³/mol. The minimum atomic E-state index is -0.981. The molecule has 1 atom stereocenters. The molecule has 0 fully saturated rings. The van der Waals surface area contributed by atoms with Crippen LogP contribution in [0.15, 0.2) is 53.0 Å². The van der Waals surface area contributed by atoms with Gasteiger partial charge < -0.3 is 15.2 Å². The second-order valence-electron chi connectivity index (χ2n) is 5.55. The number of carbonyl (C=O) groups is 2. The molecule has 0 spiro atoms. The van der Waals surface area contributed by atoms with Crippen molar-refractivity contribution in [3.05, 3.63) is 64.1 Å². The lowest BCUT2D eigenvalue weighted by atomic mass is 10.0. The molecule has 6 heteroatoms. The first-order valence-corrected chi connectivity index (χ1v) is 8.80. The fraction of sp³-hybridized carbons (Fsp3) is 0.263. The summed E-state index contributed by atoms with van der Waals surface area (Å²) < 4.78 is 6.31. The number of ether oxygens (including phenoxy) is 1. The van der Waals surface area contributed by atoms with E-state index in [1.807, 2.05) is 13.0 Å². The molecule has 5 nitrogen and oxygen atoms in total. The third-order valence-corrected chi connectivity index (χ3v) is 4.02. The lowest BCUT2D eigenvalue weighted by Crippen LogP contribution is -2.30. The van der Waals surface area contributed by atoms with Gasteiger partial charge in [0.25, 0.3) is 5.91 Å². The molecule has 25 heavy (non-hydrogen) atoms. The van der Waals surface area contributed by atoms with Crippen LogP contribution in [0.3, 0.4) is 0 Å². The van der Waals surface area contributed by atoms with Gasteiger partial charge in [0.1, 0.15) is 5.75 Å². The highest BCUT2D eigenvalue weighted by Gasteiger charge is 2.19. The van der Waals surface area contributed by atoms with Gasteiger partial charge in [0, 0.05) is 10.0 Å². The largest absolute Gasteiger partial charge is 0.494 e. The number of aliphatic carboxylic acids is 1. The Morgan fingerprint density at radius 1 is 1.20 bits per heavy atom. The van der Waals surface area contributed by atoms with Gasteiger partial charge in [0.2, 0.25) is 0 Å². The van der Waals surface area contributed by atoms with Gasteiger partial charge in [-0.3, -0.25) is 9.59 Å². The van der Waals surface area contributed by atoms with Crippen LogP contribution in [0.4, 0.5) is 0 Å². The maximum atomic E-state index is 12.4. The number of halogens is 1. The van der Waals surface area contributed by atoms with Gasteiger partial charge in [-0.2, -0.15) is 0 Å². The monoisotopic (exact) mass is 405 g/mol. The first-order chi connectivity index (χ1) is 12.0. The molecule has 0 unspecified atom stereocenters. The molecular formula is C19H20BrNO4. The number of carboxylic acid groups (broad SMARTS) is 1. The smallest absolute Gasteiger partial charge is 0.305 e. The van der Waals surface area contributed by atoms with Crippen molar-refractivity contribution in [1.29, 1.82) is 0 Å². The molecule has 0 aliphatic rings. The van der Waals surface area contributed by atoms with Gasteiger partial charge in [-0.15, -0.1) is 0 Å². The van der Waals surface area contributed by atoms with Crippen molar-refractivity contribution in [1.82, 2.24) is 5.32 Å². The van der Waals surface area contributed by atoms with E-state index in [4.69, 9.17) is 9.84 Å². The lowest BCUT2D eigenvalue weighted by molar-refractivity contribution is -0.137. The van der Waals surface area contributed by atoms with Crippen LogP contribution >= 0.6 is 15.9 Å². The van der Waals surface area contributed by atoms with E-state index in [2.05, 4.69) is 21.2 Å². The minimum Gasteiger partial charge on any atom is -0.494 e. The van der Waals surface area contributed by atoms with E-state index in [1.165, 1.54) is 0 Å². The summed E-state index contributed by atoms with van der Waals surface area (Å²) in [6, 6.07) is 13.4. The number of rotatable bonds is 8. The Labute approximate surface area is 155 Å². The third kappa shape index (κ3) is 5.90. The van der Waals surface area contributed by atoms with E-state index in [0.29, 0.717) is 12.2 Å². The van der Waals surface area contributed by atoms with E-state index in [0.717, 1.165) is 22.2 Å². The SMILES string of the molecule is CCCOc1ccc([C@@H](CC(=O)O)NC(=O)c2cccc(Br)c2)cc1. The second-order valence-corrected chi connectivity index (χ2v) is 6.47. The highest BCUT2D eigenvalue weighted by atomic mass is 79.9. The molecule has 2 rings (SSSR count). The summed E-state index contributed by atoms with van der Waals surface area (Å²) in [6.45, 7) is 2.65. The van der Waals surface area contributed by atoms with Crippen molar-refractivity contribution in [3.63, 3.8) is 0 Å². The molecule has 0 radical (unpaired) electrons. The standard InChI is InChI=1S/C19H20BrNO4/c1-2-10-25-16-8-6-13(7-9-16)17(12-18(22)23)21-19(24)14-4-3-5-15(20)11-14/h3-9,11,17H,2,10,12H2,1H3,(H,21,24)(H,22,23)/t17-/m1/s1. The number of carboxylic acids is 1. The summed E-state index contributed by atoms with van der Waals surface area (Å²) in [5, 5.41) is 11.9. The van der Waals surface area contributed by atoms with Crippen molar-refractivity contribution in [2.45, 2.75) is 25.8 Å². The quantitative estimate of drug-likeness (QED) is 0.690. The molecule has 0 heterocycles. The van der Waals surface area contributed by atoms with Crippen molar-refractivity contribution >= 4 is 27.8 Å². The molecule has 0 bridgehead atoms. The summed E-state index contributed by atoms with van der Waals surface area (Å²) in [7, 11) is 0. The van der Waals surface area contributed by atoms with E-state index >= 15 is 0 Å². The van der Waals surface area contributed by atoms with Gasteiger partial charge in [0.15, 0.2) is 0 Å². The van der Waals surface area contributed by atoms with Crippen LogP contribution in [-0.4, -0.2) is 23.6 Å². The van der Waals surface area contributed by atoms with Crippen LogP contribution < -0.4 is 10.1 Å². The van der Waals surface area contributed by atoms with Crippen molar-refractivity contribution in [3.8, 4) is 5.75 Å². The average molecular weight is 406 g/mol. The topological polar surface area (TPSA) is 75.6 Å². The molecular weight excluding hydrogens is 386 g/mol. The number of benzene rings is 2. The van der Waals surface area contributed by atoms with Crippen LogP contribution in [0, 0.1) is 0 Å². The Morgan fingerprint density at radius 2 is 1.92 bits per heavy atom. The van der Waals surface area contributed by atoms with Crippen molar-refractivity contribution < 1.29 is 19.4 Å². The number of nitrogens with one attached hydrogen (secondary N) is 1. The molecule has 0 aromatic heterocycles. The lowest BCUT2D eigenvalue weighted by Gasteiger charge is -2.18. The molecule has 132 valence electrons. The zero-order chi connectivity index (χ0) is 18.2. The Morgan fingerprint density at radius 3 is 2.52 bits per heavy atom. The first kappa shape index (κ1) is 19.0. The zero-order valence-electron chi connectivity index (χ0n) is 13.9. The molecule has 1 amide bonds. The molecule has 0 aliphatic heterocycles. The zero-order valence-corrected chi connectivity index (χ0v) is 15.5. The van der Waals surface area contributed by atoms with Gasteiger partial charge in [-0.1, -0.05) is 41.1 Å². The summed E-state index contributed by atoms with van der Waals surface area (Å²) in [6.07, 6.45) is 0.709. The van der Waals surface area contributed by atoms with E-state index in [9.17, 15) is 9.59 Å². The van der Waals surface area contributed by atoms with Crippen LogP contribution in [-0.2, 0) is 4.79 Å². The summed E-state index contributed by atoms with van der Waals surface area (Å²) in [4.78, 5) is 23.6. The highest BCUT2D eigenvalue weighted by Crippen LogP contribution is 2.22. The third-order valence-electron chi connectivity index (χ3n) is 3.53. The first-order valence-electron chi connectivity index (χ1n) is 8.00. The van der Waals surface area contributed by atoms with Crippen LogP contribution in [0.2, 0.25) is 0 Å². The summed E-state index contributed by atoms with van der Waals surface area (Å²) in [5.74, 6) is -0.581. The predicted octanol–water partition coefficient (Wildman–Crippen LogP) is 4.18. The Bertz CT molecular complexity index is 730. The average Bonchev–Trinajstić information content (AvgIpc) is 2.59. The molecule has 2 N–H and O–H groups in total. The molecule has 2 aromatic carbocycles. The molecule has 0 saturated heterocycles. The Balaban J connectivity index is 2.15. The van der Waals surface area contributed by atoms with E-state index in [-0.39, 0.29) is 12.3 Å². The number of carbonyl (C=O) groups excluding carboxylic acids is 1. The summed E-state index contributed by atoms with van der Waals surface area (Å²) >= 11 is 3.32.